The van der Waals surface area contributed by atoms with Gasteiger partial charge in [-0.05, 0) is 36.4 Å². The van der Waals surface area contributed by atoms with Gasteiger partial charge < -0.3 is 5.32 Å². The number of benzene rings is 2. The third-order valence-electron chi connectivity index (χ3n) is 2.52. The molecule has 1 N–H and O–H groups in total. The summed E-state index contributed by atoms with van der Waals surface area (Å²) in [5.74, 6) is -2.47. The predicted octanol–water partition coefficient (Wildman–Crippen LogP) is 3.14. The van der Waals surface area contributed by atoms with E-state index in [4.69, 9.17) is 10.7 Å². The highest BCUT2D eigenvalue weighted by atomic mass is 35.7. The SMILES string of the molecule is O=C(Nc1ccc(S(=O)(=O)Cl)cc1)c1cc(F)cc(F)c1. The molecule has 0 aromatic heterocycles. The van der Waals surface area contributed by atoms with Gasteiger partial charge in [-0.3, -0.25) is 4.79 Å². The van der Waals surface area contributed by atoms with Gasteiger partial charge in [0.05, 0.1) is 4.90 Å². The van der Waals surface area contributed by atoms with Gasteiger partial charge in [0.1, 0.15) is 11.6 Å². The van der Waals surface area contributed by atoms with Gasteiger partial charge in [0.2, 0.25) is 0 Å². The second-order valence-electron chi connectivity index (χ2n) is 4.07. The highest BCUT2D eigenvalue weighted by Crippen LogP contribution is 2.18. The topological polar surface area (TPSA) is 63.2 Å². The minimum absolute atomic E-state index is 0.126. The van der Waals surface area contributed by atoms with Gasteiger partial charge in [0.25, 0.3) is 15.0 Å². The number of carbonyl (C=O) groups is 1. The third-order valence-corrected chi connectivity index (χ3v) is 3.89. The summed E-state index contributed by atoms with van der Waals surface area (Å²) in [6, 6.07) is 7.43. The minimum Gasteiger partial charge on any atom is -0.322 e. The minimum atomic E-state index is -3.85. The molecule has 0 saturated carbocycles. The van der Waals surface area contributed by atoms with Crippen molar-refractivity contribution in [3.05, 3.63) is 59.7 Å². The Morgan fingerprint density at radius 3 is 2.00 bits per heavy atom. The van der Waals surface area contributed by atoms with Gasteiger partial charge in [-0.1, -0.05) is 0 Å². The van der Waals surface area contributed by atoms with E-state index in [0.717, 1.165) is 12.1 Å². The molecule has 4 nitrogen and oxygen atoms in total. The molecule has 2 aromatic carbocycles. The summed E-state index contributed by atoms with van der Waals surface area (Å²) in [4.78, 5) is 11.7. The maximum atomic E-state index is 13.0. The number of carbonyl (C=O) groups excluding carboxylic acids is 1. The molecule has 0 aliphatic rings. The molecule has 0 radical (unpaired) electrons. The van der Waals surface area contributed by atoms with Crippen molar-refractivity contribution in [1.82, 2.24) is 0 Å². The zero-order valence-corrected chi connectivity index (χ0v) is 11.9. The monoisotopic (exact) mass is 331 g/mol. The van der Waals surface area contributed by atoms with Crippen LogP contribution in [-0.4, -0.2) is 14.3 Å². The van der Waals surface area contributed by atoms with Crippen LogP contribution >= 0.6 is 10.7 Å². The largest absolute Gasteiger partial charge is 0.322 e. The van der Waals surface area contributed by atoms with Crippen LogP contribution in [0.5, 0.6) is 0 Å². The van der Waals surface area contributed by atoms with Gasteiger partial charge in [-0.2, -0.15) is 0 Å². The Labute approximate surface area is 123 Å². The Morgan fingerprint density at radius 1 is 1.00 bits per heavy atom. The first-order valence-corrected chi connectivity index (χ1v) is 7.89. The van der Waals surface area contributed by atoms with Crippen LogP contribution in [0.4, 0.5) is 14.5 Å². The molecule has 2 rings (SSSR count). The van der Waals surface area contributed by atoms with Gasteiger partial charge >= 0.3 is 0 Å². The van der Waals surface area contributed by atoms with E-state index in [1.807, 2.05) is 0 Å². The highest BCUT2D eigenvalue weighted by Gasteiger charge is 2.12. The molecule has 0 aliphatic carbocycles. The molecule has 110 valence electrons. The zero-order chi connectivity index (χ0) is 15.6. The number of hydrogen-bond donors (Lipinski definition) is 1. The Hall–Kier alpha value is -1.99. The van der Waals surface area contributed by atoms with Crippen LogP contribution < -0.4 is 5.32 Å². The van der Waals surface area contributed by atoms with E-state index >= 15 is 0 Å². The molecule has 1 amide bonds. The second-order valence-corrected chi connectivity index (χ2v) is 6.64. The number of anilines is 1. The van der Waals surface area contributed by atoms with Crippen molar-refractivity contribution in [2.75, 3.05) is 5.32 Å². The van der Waals surface area contributed by atoms with E-state index in [-0.39, 0.29) is 16.1 Å². The molecule has 0 spiro atoms. The fourth-order valence-corrected chi connectivity index (χ4v) is 2.36. The standard InChI is InChI=1S/C13H8ClF2NO3S/c14-21(19,20)12-3-1-11(2-4-12)17-13(18)8-5-9(15)7-10(16)6-8/h1-7H,(H,17,18). The van der Waals surface area contributed by atoms with E-state index in [9.17, 15) is 22.0 Å². The average Bonchev–Trinajstić information content (AvgIpc) is 2.37. The summed E-state index contributed by atoms with van der Waals surface area (Å²) in [6.45, 7) is 0. The summed E-state index contributed by atoms with van der Waals surface area (Å²) in [6.07, 6.45) is 0. The summed E-state index contributed by atoms with van der Waals surface area (Å²) < 4.78 is 48.1. The first-order chi connectivity index (χ1) is 9.75. The van der Waals surface area contributed by atoms with Crippen LogP contribution in [0.2, 0.25) is 0 Å². The lowest BCUT2D eigenvalue weighted by atomic mass is 10.2. The van der Waals surface area contributed by atoms with Crippen molar-refractivity contribution in [1.29, 1.82) is 0 Å². The molecule has 8 heteroatoms. The summed E-state index contributed by atoms with van der Waals surface area (Å²) in [5, 5.41) is 2.38. The van der Waals surface area contributed by atoms with Gasteiger partial charge in [-0.15, -0.1) is 0 Å². The van der Waals surface area contributed by atoms with Crippen LogP contribution in [0.1, 0.15) is 10.4 Å². The van der Waals surface area contributed by atoms with Crippen LogP contribution in [-0.2, 0) is 9.05 Å². The summed E-state index contributed by atoms with van der Waals surface area (Å²) in [5.41, 5.74) is 0.0651. The Balaban J connectivity index is 2.20. The normalized spacial score (nSPS) is 11.2. The van der Waals surface area contributed by atoms with Crippen molar-refractivity contribution in [2.45, 2.75) is 4.90 Å². The molecule has 0 heterocycles. The second kappa shape index (κ2) is 5.79. The fourth-order valence-electron chi connectivity index (χ4n) is 1.59. The first-order valence-electron chi connectivity index (χ1n) is 5.58. The lowest BCUT2D eigenvalue weighted by molar-refractivity contribution is 0.102. The van der Waals surface area contributed by atoms with Gasteiger partial charge in [-0.25, -0.2) is 17.2 Å². The molecule has 0 saturated heterocycles. The van der Waals surface area contributed by atoms with Crippen molar-refractivity contribution in [2.24, 2.45) is 0 Å². The number of rotatable bonds is 3. The summed E-state index contributed by atoms with van der Waals surface area (Å²) >= 11 is 0. The molecular formula is C13H8ClF2NO3S. The lowest BCUT2D eigenvalue weighted by Crippen LogP contribution is -2.12. The zero-order valence-electron chi connectivity index (χ0n) is 10.3. The fraction of sp³-hybridized carbons (Fsp3) is 0. The molecule has 0 unspecified atom stereocenters. The predicted molar refractivity (Wildman–Crippen MR) is 73.8 cm³/mol. The quantitative estimate of drug-likeness (QED) is 0.879. The van der Waals surface area contributed by atoms with Crippen LogP contribution in [0.25, 0.3) is 0 Å². The summed E-state index contributed by atoms with van der Waals surface area (Å²) in [7, 11) is 1.30. The Kier molecular flexibility index (Phi) is 4.24. The maximum absolute atomic E-state index is 13.0. The van der Waals surface area contributed by atoms with Crippen molar-refractivity contribution in [3.8, 4) is 0 Å². The first kappa shape index (κ1) is 15.4. The Morgan fingerprint density at radius 2 is 1.52 bits per heavy atom. The molecule has 0 fully saturated rings. The van der Waals surface area contributed by atoms with E-state index in [1.54, 1.807) is 0 Å². The van der Waals surface area contributed by atoms with Crippen molar-refractivity contribution < 1.29 is 22.0 Å². The number of halogens is 3. The molecule has 0 atom stereocenters. The van der Waals surface area contributed by atoms with E-state index in [0.29, 0.717) is 6.07 Å². The number of hydrogen-bond acceptors (Lipinski definition) is 3. The van der Waals surface area contributed by atoms with Crippen LogP contribution in [0, 0.1) is 11.6 Å². The van der Waals surface area contributed by atoms with E-state index in [2.05, 4.69) is 5.32 Å². The smallest absolute Gasteiger partial charge is 0.261 e. The van der Waals surface area contributed by atoms with Crippen molar-refractivity contribution in [3.63, 3.8) is 0 Å². The Bertz CT molecular complexity index is 771. The van der Waals surface area contributed by atoms with E-state index < -0.39 is 26.6 Å². The van der Waals surface area contributed by atoms with E-state index in [1.165, 1.54) is 24.3 Å². The number of amides is 1. The average molecular weight is 332 g/mol. The molecule has 0 bridgehead atoms. The molecule has 21 heavy (non-hydrogen) atoms. The molecular weight excluding hydrogens is 324 g/mol. The molecule has 0 aliphatic heterocycles. The highest BCUT2D eigenvalue weighted by molar-refractivity contribution is 8.13. The van der Waals surface area contributed by atoms with Crippen LogP contribution in [0.3, 0.4) is 0 Å². The van der Waals surface area contributed by atoms with Crippen molar-refractivity contribution >= 4 is 31.3 Å². The maximum Gasteiger partial charge on any atom is 0.261 e. The van der Waals surface area contributed by atoms with Crippen LogP contribution in [0.15, 0.2) is 47.4 Å². The van der Waals surface area contributed by atoms with Gasteiger partial charge in [0.15, 0.2) is 0 Å². The third kappa shape index (κ3) is 3.99. The molecule has 2 aromatic rings. The number of nitrogens with one attached hydrogen (secondary N) is 1. The van der Waals surface area contributed by atoms with Gasteiger partial charge in [0, 0.05) is 28.0 Å². The lowest BCUT2D eigenvalue weighted by Gasteiger charge is -2.06.